The number of anilines is 1. The van der Waals surface area contributed by atoms with Crippen LogP contribution in [0, 0.1) is 3.57 Å². The summed E-state index contributed by atoms with van der Waals surface area (Å²) in [5, 5.41) is 4.91. The largest absolute Gasteiger partial charge is 0.339 e. The van der Waals surface area contributed by atoms with Crippen LogP contribution in [0.4, 0.5) is 5.69 Å². The number of carbonyl (C=O) groups excluding carboxylic acids is 2. The lowest BCUT2D eigenvalue weighted by molar-refractivity contribution is 0.0762. The monoisotopic (exact) mass is 498 g/mol. The topological polar surface area (TPSA) is 49.4 Å². The summed E-state index contributed by atoms with van der Waals surface area (Å²) in [6, 6.07) is 19.1. The van der Waals surface area contributed by atoms with Crippen molar-refractivity contribution >= 4 is 50.9 Å². The molecule has 1 aliphatic heterocycles. The molecule has 1 aliphatic rings. The van der Waals surface area contributed by atoms with Gasteiger partial charge in [0.05, 0.1) is 11.3 Å². The normalized spacial score (nSPS) is 14.4. The third kappa shape index (κ3) is 4.45. The van der Waals surface area contributed by atoms with Crippen LogP contribution in [0.1, 0.15) is 46.4 Å². The molecule has 0 aromatic heterocycles. The van der Waals surface area contributed by atoms with Crippen LogP contribution in [0.2, 0.25) is 0 Å². The second-order valence-corrected chi connectivity index (χ2v) is 8.62. The Bertz CT molecular complexity index is 1050. The van der Waals surface area contributed by atoms with Gasteiger partial charge in [0.2, 0.25) is 0 Å². The minimum atomic E-state index is -0.201. The lowest BCUT2D eigenvalue weighted by Crippen LogP contribution is -2.32. The number of halogens is 1. The maximum absolute atomic E-state index is 13.2. The molecule has 0 saturated carbocycles. The molecule has 2 amide bonds. The quantitative estimate of drug-likeness (QED) is 0.471. The van der Waals surface area contributed by atoms with Gasteiger partial charge in [-0.1, -0.05) is 49.2 Å². The Morgan fingerprint density at radius 1 is 0.828 bits per heavy atom. The molecule has 0 unspecified atom stereocenters. The molecule has 0 atom stereocenters. The van der Waals surface area contributed by atoms with Crippen molar-refractivity contribution in [3.63, 3.8) is 0 Å². The molecule has 4 rings (SSSR count). The maximum Gasteiger partial charge on any atom is 0.256 e. The predicted molar refractivity (Wildman–Crippen MR) is 125 cm³/mol. The Kier molecular flexibility index (Phi) is 6.13. The van der Waals surface area contributed by atoms with Gasteiger partial charge in [-0.05, 0) is 70.5 Å². The lowest BCUT2D eigenvalue weighted by Gasteiger charge is -2.22. The Morgan fingerprint density at radius 2 is 1.55 bits per heavy atom. The van der Waals surface area contributed by atoms with Crippen molar-refractivity contribution in [1.82, 2.24) is 4.90 Å². The summed E-state index contributed by atoms with van der Waals surface area (Å²) >= 11 is 2.21. The first-order valence-electron chi connectivity index (χ1n) is 10.0. The first-order valence-corrected chi connectivity index (χ1v) is 11.1. The van der Waals surface area contributed by atoms with Gasteiger partial charge >= 0.3 is 0 Å². The number of hydrogen-bond acceptors (Lipinski definition) is 2. The van der Waals surface area contributed by atoms with Crippen LogP contribution in [-0.4, -0.2) is 29.8 Å². The van der Waals surface area contributed by atoms with E-state index in [2.05, 4.69) is 27.9 Å². The van der Waals surface area contributed by atoms with Gasteiger partial charge in [-0.25, -0.2) is 0 Å². The average molecular weight is 498 g/mol. The summed E-state index contributed by atoms with van der Waals surface area (Å²) < 4.78 is 0.976. The first kappa shape index (κ1) is 19.9. The van der Waals surface area contributed by atoms with Crippen molar-refractivity contribution < 1.29 is 9.59 Å². The van der Waals surface area contributed by atoms with E-state index < -0.39 is 0 Å². The van der Waals surface area contributed by atoms with E-state index in [4.69, 9.17) is 0 Å². The molecule has 0 aliphatic carbocycles. The molecule has 0 radical (unpaired) electrons. The van der Waals surface area contributed by atoms with E-state index in [1.165, 1.54) is 12.8 Å². The van der Waals surface area contributed by atoms with Crippen LogP contribution in [0.25, 0.3) is 10.8 Å². The number of hydrogen-bond donors (Lipinski definition) is 1. The predicted octanol–water partition coefficient (Wildman–Crippen LogP) is 5.71. The van der Waals surface area contributed by atoms with E-state index in [1.807, 2.05) is 65.6 Å². The highest BCUT2D eigenvalue weighted by atomic mass is 127. The van der Waals surface area contributed by atoms with E-state index in [-0.39, 0.29) is 11.8 Å². The molecule has 1 fully saturated rings. The number of likely N-dealkylation sites (tertiary alicyclic amines) is 1. The zero-order valence-corrected chi connectivity index (χ0v) is 18.3. The van der Waals surface area contributed by atoms with Crippen LogP contribution in [0.15, 0.2) is 60.7 Å². The van der Waals surface area contributed by atoms with Crippen molar-refractivity contribution in [3.8, 4) is 0 Å². The number of carbonyl (C=O) groups is 2. The van der Waals surface area contributed by atoms with Gasteiger partial charge in [0, 0.05) is 22.2 Å². The zero-order valence-electron chi connectivity index (χ0n) is 16.2. The molecule has 1 N–H and O–H groups in total. The van der Waals surface area contributed by atoms with Crippen LogP contribution >= 0.6 is 22.6 Å². The van der Waals surface area contributed by atoms with Gasteiger partial charge in [0.25, 0.3) is 11.8 Å². The van der Waals surface area contributed by atoms with Crippen molar-refractivity contribution in [2.24, 2.45) is 0 Å². The van der Waals surface area contributed by atoms with Gasteiger partial charge in [0.15, 0.2) is 0 Å². The van der Waals surface area contributed by atoms with E-state index in [0.717, 1.165) is 40.3 Å². The van der Waals surface area contributed by atoms with Crippen molar-refractivity contribution in [3.05, 3.63) is 75.4 Å². The summed E-state index contributed by atoms with van der Waals surface area (Å²) in [5.74, 6) is -0.202. The number of rotatable bonds is 3. The van der Waals surface area contributed by atoms with Gasteiger partial charge in [-0.15, -0.1) is 0 Å². The van der Waals surface area contributed by atoms with Crippen LogP contribution < -0.4 is 5.32 Å². The SMILES string of the molecule is O=C(Nc1ccc(I)cc1C(=O)N1CCCCCC1)c1cccc2ccccc12. The third-order valence-electron chi connectivity index (χ3n) is 5.39. The number of nitrogens with zero attached hydrogens (tertiary/aromatic N) is 1. The van der Waals surface area contributed by atoms with Gasteiger partial charge in [0.1, 0.15) is 0 Å². The molecule has 0 bridgehead atoms. The van der Waals surface area contributed by atoms with Gasteiger partial charge in [-0.3, -0.25) is 9.59 Å². The summed E-state index contributed by atoms with van der Waals surface area (Å²) in [4.78, 5) is 28.2. The summed E-state index contributed by atoms with van der Waals surface area (Å²) in [7, 11) is 0. The molecule has 3 aromatic rings. The lowest BCUT2D eigenvalue weighted by atomic mass is 10.0. The first-order chi connectivity index (χ1) is 14.1. The molecular formula is C24H23IN2O2. The smallest absolute Gasteiger partial charge is 0.256 e. The average Bonchev–Trinajstić information content (AvgIpc) is 3.03. The number of amides is 2. The van der Waals surface area contributed by atoms with Gasteiger partial charge < -0.3 is 10.2 Å². The minimum Gasteiger partial charge on any atom is -0.339 e. The molecule has 1 saturated heterocycles. The molecule has 148 valence electrons. The third-order valence-corrected chi connectivity index (χ3v) is 6.06. The Hall–Kier alpha value is -2.41. The number of fused-ring (bicyclic) bond motifs is 1. The van der Waals surface area contributed by atoms with E-state index in [1.54, 1.807) is 0 Å². The Morgan fingerprint density at radius 3 is 2.34 bits per heavy atom. The second-order valence-electron chi connectivity index (χ2n) is 7.38. The number of nitrogens with one attached hydrogen (secondary N) is 1. The van der Waals surface area contributed by atoms with E-state index in [0.29, 0.717) is 16.8 Å². The molecule has 4 nitrogen and oxygen atoms in total. The van der Waals surface area contributed by atoms with E-state index in [9.17, 15) is 9.59 Å². The van der Waals surface area contributed by atoms with Crippen molar-refractivity contribution in [1.29, 1.82) is 0 Å². The standard InChI is InChI=1S/C24H23IN2O2/c25-18-12-13-22(21(16-18)24(29)27-14-5-1-2-6-15-27)26-23(28)20-11-7-9-17-8-3-4-10-19(17)20/h3-4,7-13,16H,1-2,5-6,14-15H2,(H,26,28). The summed E-state index contributed by atoms with van der Waals surface area (Å²) in [5.41, 5.74) is 1.74. The molecule has 0 spiro atoms. The highest BCUT2D eigenvalue weighted by Crippen LogP contribution is 2.25. The Labute approximate surface area is 184 Å². The molecule has 3 aromatic carbocycles. The molecule has 29 heavy (non-hydrogen) atoms. The van der Waals surface area contributed by atoms with Crippen LogP contribution in [0.3, 0.4) is 0 Å². The highest BCUT2D eigenvalue weighted by molar-refractivity contribution is 14.1. The zero-order chi connectivity index (χ0) is 20.2. The van der Waals surface area contributed by atoms with Crippen LogP contribution in [-0.2, 0) is 0 Å². The van der Waals surface area contributed by atoms with Crippen molar-refractivity contribution in [2.45, 2.75) is 25.7 Å². The van der Waals surface area contributed by atoms with Gasteiger partial charge in [-0.2, -0.15) is 0 Å². The Balaban J connectivity index is 1.65. The fourth-order valence-corrected chi connectivity index (χ4v) is 4.35. The second kappa shape index (κ2) is 8.95. The summed E-state index contributed by atoms with van der Waals surface area (Å²) in [6.07, 6.45) is 4.41. The number of benzene rings is 3. The maximum atomic E-state index is 13.2. The molecular weight excluding hydrogens is 475 g/mol. The van der Waals surface area contributed by atoms with E-state index >= 15 is 0 Å². The summed E-state index contributed by atoms with van der Waals surface area (Å²) in [6.45, 7) is 1.56. The van der Waals surface area contributed by atoms with Crippen molar-refractivity contribution in [2.75, 3.05) is 18.4 Å². The fourth-order valence-electron chi connectivity index (χ4n) is 3.86. The molecule has 1 heterocycles. The minimum absolute atomic E-state index is 0.00126. The fraction of sp³-hybridized carbons (Fsp3) is 0.250. The molecule has 5 heteroatoms. The van der Waals surface area contributed by atoms with Crippen LogP contribution in [0.5, 0.6) is 0 Å². The highest BCUT2D eigenvalue weighted by Gasteiger charge is 2.22.